The molecule has 0 aromatic heterocycles. The summed E-state index contributed by atoms with van der Waals surface area (Å²) in [6.45, 7) is 0. The molecule has 0 spiro atoms. The number of ether oxygens (including phenoxy) is 1. The lowest BCUT2D eigenvalue weighted by molar-refractivity contribution is -0.142. The molecule has 1 aromatic rings. The third-order valence-corrected chi connectivity index (χ3v) is 4.05. The van der Waals surface area contributed by atoms with Crippen molar-refractivity contribution in [3.63, 3.8) is 0 Å². The fraction of sp³-hybridized carbons (Fsp3) is 0.533. The quantitative estimate of drug-likeness (QED) is 0.765. The van der Waals surface area contributed by atoms with Gasteiger partial charge in [-0.3, -0.25) is 4.79 Å². The Morgan fingerprint density at radius 1 is 1.33 bits per heavy atom. The summed E-state index contributed by atoms with van der Waals surface area (Å²) in [4.78, 5) is 11.9. The molecule has 3 heteroatoms. The normalized spacial score (nSPS) is 17.7. The number of carbonyl (C=O) groups is 1. The summed E-state index contributed by atoms with van der Waals surface area (Å²) in [5.41, 5.74) is 1.01. The van der Waals surface area contributed by atoms with Crippen LogP contribution in [-0.4, -0.2) is 13.1 Å². The number of benzene rings is 1. The Bertz CT molecular complexity index is 393. The maximum absolute atomic E-state index is 11.9. The Morgan fingerprint density at radius 2 is 1.94 bits per heavy atom. The van der Waals surface area contributed by atoms with Gasteiger partial charge in [0.2, 0.25) is 0 Å². The van der Waals surface area contributed by atoms with Gasteiger partial charge in [0, 0.05) is 5.02 Å². The smallest absolute Gasteiger partial charge is 0.313 e. The Kier molecular flexibility index (Phi) is 4.65. The second-order valence-electron chi connectivity index (χ2n) is 5.01. The number of esters is 1. The highest BCUT2D eigenvalue weighted by Gasteiger charge is 2.27. The summed E-state index contributed by atoms with van der Waals surface area (Å²) in [7, 11) is 1.46. The number of hydrogen-bond acceptors (Lipinski definition) is 2. The Morgan fingerprint density at radius 3 is 2.50 bits per heavy atom. The molecule has 1 unspecified atom stereocenters. The first-order valence-corrected chi connectivity index (χ1v) is 6.92. The molecule has 2 nitrogen and oxygen atoms in total. The molecule has 0 aliphatic heterocycles. The first kappa shape index (κ1) is 13.4. The number of halogens is 1. The molecule has 1 fully saturated rings. The highest BCUT2D eigenvalue weighted by atomic mass is 35.5. The van der Waals surface area contributed by atoms with E-state index in [2.05, 4.69) is 0 Å². The summed E-state index contributed by atoms with van der Waals surface area (Å²) < 4.78 is 4.94. The number of carbonyl (C=O) groups excluding carboxylic acids is 1. The van der Waals surface area contributed by atoms with Gasteiger partial charge in [-0.1, -0.05) is 49.4 Å². The monoisotopic (exact) mass is 266 g/mol. The molecule has 0 bridgehead atoms. The standard InChI is InChI=1S/C15H19ClO2/c1-18-15(17)14(10-11-4-2-3-5-11)12-6-8-13(16)9-7-12/h6-9,11,14H,2-5,10H2,1H3. The Balaban J connectivity index is 2.13. The molecule has 1 aliphatic rings. The van der Waals surface area contributed by atoms with E-state index in [4.69, 9.17) is 16.3 Å². The van der Waals surface area contributed by atoms with Crippen LogP contribution in [0.3, 0.4) is 0 Å². The zero-order valence-corrected chi connectivity index (χ0v) is 11.5. The minimum absolute atomic E-state index is 0.135. The summed E-state index contributed by atoms with van der Waals surface area (Å²) >= 11 is 5.88. The van der Waals surface area contributed by atoms with Gasteiger partial charge in [0.25, 0.3) is 0 Å². The van der Waals surface area contributed by atoms with Gasteiger partial charge < -0.3 is 4.74 Å². The Hall–Kier alpha value is -1.02. The van der Waals surface area contributed by atoms with E-state index in [-0.39, 0.29) is 11.9 Å². The SMILES string of the molecule is COC(=O)C(CC1CCCC1)c1ccc(Cl)cc1. The lowest BCUT2D eigenvalue weighted by Gasteiger charge is -2.18. The number of rotatable bonds is 4. The Labute approximate surface area is 113 Å². The van der Waals surface area contributed by atoms with Crippen LogP contribution < -0.4 is 0 Å². The zero-order valence-electron chi connectivity index (χ0n) is 10.7. The van der Waals surface area contributed by atoms with Crippen molar-refractivity contribution in [1.29, 1.82) is 0 Å². The van der Waals surface area contributed by atoms with Crippen LogP contribution >= 0.6 is 11.6 Å². The van der Waals surface area contributed by atoms with E-state index in [1.807, 2.05) is 24.3 Å². The van der Waals surface area contributed by atoms with E-state index in [1.165, 1.54) is 32.8 Å². The van der Waals surface area contributed by atoms with Gasteiger partial charge in [0.1, 0.15) is 0 Å². The predicted molar refractivity (Wildman–Crippen MR) is 72.8 cm³/mol. The van der Waals surface area contributed by atoms with Crippen molar-refractivity contribution in [3.05, 3.63) is 34.9 Å². The van der Waals surface area contributed by atoms with E-state index in [0.29, 0.717) is 10.9 Å². The van der Waals surface area contributed by atoms with Gasteiger partial charge in [-0.2, -0.15) is 0 Å². The molecule has 1 atom stereocenters. The minimum atomic E-state index is -0.143. The summed E-state index contributed by atoms with van der Waals surface area (Å²) in [5.74, 6) is 0.379. The van der Waals surface area contributed by atoms with Crippen molar-refractivity contribution in [2.45, 2.75) is 38.0 Å². The average molecular weight is 267 g/mol. The van der Waals surface area contributed by atoms with Gasteiger partial charge in [-0.05, 0) is 30.0 Å². The maximum atomic E-state index is 11.9. The summed E-state index contributed by atoms with van der Waals surface area (Å²) in [6.07, 6.45) is 5.95. The summed E-state index contributed by atoms with van der Waals surface area (Å²) in [6, 6.07) is 7.53. The molecular formula is C15H19ClO2. The predicted octanol–water partition coefficient (Wildman–Crippen LogP) is 4.18. The lowest BCUT2D eigenvalue weighted by atomic mass is 9.88. The van der Waals surface area contributed by atoms with E-state index in [1.54, 1.807) is 0 Å². The second kappa shape index (κ2) is 6.24. The van der Waals surface area contributed by atoms with E-state index >= 15 is 0 Å². The highest BCUT2D eigenvalue weighted by molar-refractivity contribution is 6.30. The maximum Gasteiger partial charge on any atom is 0.313 e. The van der Waals surface area contributed by atoms with Gasteiger partial charge in [0.05, 0.1) is 13.0 Å². The van der Waals surface area contributed by atoms with Crippen molar-refractivity contribution < 1.29 is 9.53 Å². The van der Waals surface area contributed by atoms with Crippen LogP contribution in [-0.2, 0) is 9.53 Å². The van der Waals surface area contributed by atoms with Gasteiger partial charge in [0.15, 0.2) is 0 Å². The van der Waals surface area contributed by atoms with Crippen LogP contribution in [0.5, 0.6) is 0 Å². The molecule has 1 saturated carbocycles. The van der Waals surface area contributed by atoms with Crippen molar-refractivity contribution in [2.24, 2.45) is 5.92 Å². The zero-order chi connectivity index (χ0) is 13.0. The first-order valence-electron chi connectivity index (χ1n) is 6.54. The molecule has 1 aliphatic carbocycles. The molecule has 0 amide bonds. The van der Waals surface area contributed by atoms with Crippen LogP contribution in [0.4, 0.5) is 0 Å². The number of hydrogen-bond donors (Lipinski definition) is 0. The molecule has 2 rings (SSSR count). The molecule has 98 valence electrons. The molecule has 0 N–H and O–H groups in total. The summed E-state index contributed by atoms with van der Waals surface area (Å²) in [5, 5.41) is 0.697. The van der Waals surface area contributed by atoms with Gasteiger partial charge in [-0.15, -0.1) is 0 Å². The fourth-order valence-corrected chi connectivity index (χ4v) is 2.91. The second-order valence-corrected chi connectivity index (χ2v) is 5.45. The van der Waals surface area contributed by atoms with Crippen molar-refractivity contribution in [2.75, 3.05) is 7.11 Å². The average Bonchev–Trinajstić information content (AvgIpc) is 2.89. The van der Waals surface area contributed by atoms with E-state index < -0.39 is 0 Å². The largest absolute Gasteiger partial charge is 0.469 e. The molecule has 18 heavy (non-hydrogen) atoms. The minimum Gasteiger partial charge on any atom is -0.469 e. The van der Waals surface area contributed by atoms with Crippen molar-refractivity contribution in [1.82, 2.24) is 0 Å². The molecule has 0 saturated heterocycles. The third kappa shape index (κ3) is 3.26. The first-order chi connectivity index (χ1) is 8.70. The lowest BCUT2D eigenvalue weighted by Crippen LogP contribution is -2.17. The van der Waals surface area contributed by atoms with Gasteiger partial charge >= 0.3 is 5.97 Å². The molecule has 1 aromatic carbocycles. The van der Waals surface area contributed by atoms with Gasteiger partial charge in [-0.25, -0.2) is 0 Å². The third-order valence-electron chi connectivity index (χ3n) is 3.80. The number of methoxy groups -OCH3 is 1. The van der Waals surface area contributed by atoms with Crippen molar-refractivity contribution in [3.8, 4) is 0 Å². The molecule has 0 heterocycles. The van der Waals surface area contributed by atoms with Crippen LogP contribution in [0.15, 0.2) is 24.3 Å². The van der Waals surface area contributed by atoms with Crippen LogP contribution in [0.25, 0.3) is 0 Å². The fourth-order valence-electron chi connectivity index (χ4n) is 2.79. The topological polar surface area (TPSA) is 26.3 Å². The van der Waals surface area contributed by atoms with Crippen LogP contribution in [0.2, 0.25) is 5.02 Å². The van der Waals surface area contributed by atoms with Crippen LogP contribution in [0, 0.1) is 5.92 Å². The van der Waals surface area contributed by atoms with Crippen molar-refractivity contribution >= 4 is 17.6 Å². The highest BCUT2D eigenvalue weighted by Crippen LogP contribution is 2.35. The van der Waals surface area contributed by atoms with E-state index in [0.717, 1.165) is 12.0 Å². The van der Waals surface area contributed by atoms with E-state index in [9.17, 15) is 4.79 Å². The molecule has 0 radical (unpaired) electrons. The van der Waals surface area contributed by atoms with Crippen LogP contribution in [0.1, 0.15) is 43.6 Å². The molecular weight excluding hydrogens is 248 g/mol.